The molecule has 1 N–H and O–H groups in total. The molecule has 0 heterocycles. The summed E-state index contributed by atoms with van der Waals surface area (Å²) in [7, 11) is 0. The monoisotopic (exact) mass is 273 g/mol. The van der Waals surface area contributed by atoms with Gasteiger partial charge in [-0.15, -0.1) is 0 Å². The van der Waals surface area contributed by atoms with Gasteiger partial charge in [-0.3, -0.25) is 0 Å². The lowest BCUT2D eigenvalue weighted by Gasteiger charge is -2.41. The summed E-state index contributed by atoms with van der Waals surface area (Å²) in [5, 5.41) is 3.78. The van der Waals surface area contributed by atoms with E-state index in [0.717, 1.165) is 6.54 Å². The molecule has 0 aromatic heterocycles. The normalized spacial score (nSPS) is 19.8. The Morgan fingerprint density at radius 3 is 2.40 bits per heavy atom. The Morgan fingerprint density at radius 2 is 1.80 bits per heavy atom. The van der Waals surface area contributed by atoms with Crippen LogP contribution in [0.15, 0.2) is 18.2 Å². The minimum Gasteiger partial charge on any atom is -0.313 e. The Labute approximate surface area is 125 Å². The fourth-order valence-corrected chi connectivity index (χ4v) is 3.69. The van der Waals surface area contributed by atoms with Crippen LogP contribution in [0.1, 0.15) is 62.6 Å². The first-order valence-corrected chi connectivity index (χ1v) is 8.34. The van der Waals surface area contributed by atoms with Gasteiger partial charge in [-0.05, 0) is 61.8 Å². The van der Waals surface area contributed by atoms with Crippen molar-refractivity contribution in [1.29, 1.82) is 0 Å². The summed E-state index contributed by atoms with van der Waals surface area (Å²) in [4.78, 5) is 0. The summed E-state index contributed by atoms with van der Waals surface area (Å²) in [5.74, 6) is 0. The fraction of sp³-hybridized carbons (Fsp3) is 0.684. The highest BCUT2D eigenvalue weighted by atomic mass is 14.9. The zero-order valence-corrected chi connectivity index (χ0v) is 13.8. The van der Waals surface area contributed by atoms with Crippen molar-refractivity contribution < 1.29 is 0 Å². The third-order valence-corrected chi connectivity index (χ3v) is 5.30. The maximum absolute atomic E-state index is 3.78. The SMILES string of the molecule is CCNC(Cc1ccc(C)c(C)c1)C1(C)CCCCC1. The van der Waals surface area contributed by atoms with Gasteiger partial charge in [0.1, 0.15) is 0 Å². The smallest absolute Gasteiger partial charge is 0.0161 e. The molecule has 2 rings (SSSR count). The van der Waals surface area contributed by atoms with Crippen molar-refractivity contribution in [2.45, 2.75) is 72.3 Å². The number of benzene rings is 1. The molecule has 1 saturated carbocycles. The maximum Gasteiger partial charge on any atom is 0.0161 e. The summed E-state index contributed by atoms with van der Waals surface area (Å²) in [6.45, 7) is 10.2. The van der Waals surface area contributed by atoms with E-state index in [1.165, 1.54) is 55.2 Å². The molecule has 0 saturated heterocycles. The molecule has 1 atom stereocenters. The largest absolute Gasteiger partial charge is 0.313 e. The lowest BCUT2D eigenvalue weighted by Crippen LogP contribution is -2.46. The molecule has 1 nitrogen and oxygen atoms in total. The predicted molar refractivity (Wildman–Crippen MR) is 88.3 cm³/mol. The number of likely N-dealkylation sites (N-methyl/N-ethyl adjacent to an activating group) is 1. The molecule has 0 radical (unpaired) electrons. The van der Waals surface area contributed by atoms with Crippen LogP contribution in [0.25, 0.3) is 0 Å². The van der Waals surface area contributed by atoms with Gasteiger partial charge in [0.25, 0.3) is 0 Å². The van der Waals surface area contributed by atoms with E-state index in [-0.39, 0.29) is 0 Å². The Hall–Kier alpha value is -0.820. The summed E-state index contributed by atoms with van der Waals surface area (Å²) < 4.78 is 0. The Balaban J connectivity index is 2.13. The lowest BCUT2D eigenvalue weighted by atomic mass is 9.69. The zero-order chi connectivity index (χ0) is 14.6. The van der Waals surface area contributed by atoms with Crippen LogP contribution in [-0.2, 0) is 6.42 Å². The molecular weight excluding hydrogens is 242 g/mol. The second-order valence-electron chi connectivity index (χ2n) is 6.95. The van der Waals surface area contributed by atoms with Gasteiger partial charge in [0.15, 0.2) is 0 Å². The van der Waals surface area contributed by atoms with Gasteiger partial charge in [-0.25, -0.2) is 0 Å². The standard InChI is InChI=1S/C19H31N/c1-5-20-18(19(4)11-7-6-8-12-19)14-17-10-9-15(2)16(3)13-17/h9-10,13,18,20H,5-8,11-12,14H2,1-4H3. The molecule has 1 aromatic carbocycles. The molecule has 112 valence electrons. The molecular formula is C19H31N. The first-order valence-electron chi connectivity index (χ1n) is 8.34. The highest BCUT2D eigenvalue weighted by Gasteiger charge is 2.34. The second-order valence-corrected chi connectivity index (χ2v) is 6.95. The summed E-state index contributed by atoms with van der Waals surface area (Å²) >= 11 is 0. The van der Waals surface area contributed by atoms with Gasteiger partial charge >= 0.3 is 0 Å². The van der Waals surface area contributed by atoms with E-state index in [0.29, 0.717) is 11.5 Å². The third kappa shape index (κ3) is 3.63. The molecule has 0 spiro atoms. The van der Waals surface area contributed by atoms with Gasteiger partial charge in [0.2, 0.25) is 0 Å². The molecule has 0 aliphatic heterocycles. The van der Waals surface area contributed by atoms with Crippen LogP contribution < -0.4 is 5.32 Å². The third-order valence-electron chi connectivity index (χ3n) is 5.30. The van der Waals surface area contributed by atoms with E-state index in [9.17, 15) is 0 Å². The molecule has 1 aliphatic rings. The van der Waals surface area contributed by atoms with E-state index in [2.05, 4.69) is 51.2 Å². The van der Waals surface area contributed by atoms with Crippen LogP contribution >= 0.6 is 0 Å². The lowest BCUT2D eigenvalue weighted by molar-refractivity contribution is 0.145. The summed E-state index contributed by atoms with van der Waals surface area (Å²) in [6.07, 6.45) is 8.19. The van der Waals surface area contributed by atoms with Crippen molar-refractivity contribution in [3.8, 4) is 0 Å². The van der Waals surface area contributed by atoms with Gasteiger partial charge in [-0.1, -0.05) is 51.3 Å². The average Bonchev–Trinajstić information content (AvgIpc) is 2.43. The van der Waals surface area contributed by atoms with Crippen molar-refractivity contribution in [2.75, 3.05) is 6.54 Å². The number of rotatable bonds is 5. The fourth-order valence-electron chi connectivity index (χ4n) is 3.69. The van der Waals surface area contributed by atoms with Crippen molar-refractivity contribution in [1.82, 2.24) is 5.32 Å². The molecule has 20 heavy (non-hydrogen) atoms. The minimum atomic E-state index is 0.479. The zero-order valence-electron chi connectivity index (χ0n) is 13.8. The Kier molecular flexibility index (Phi) is 5.26. The Morgan fingerprint density at radius 1 is 1.10 bits per heavy atom. The maximum atomic E-state index is 3.78. The topological polar surface area (TPSA) is 12.0 Å². The van der Waals surface area contributed by atoms with Gasteiger partial charge in [0, 0.05) is 6.04 Å². The molecule has 1 unspecified atom stereocenters. The molecule has 1 heteroatoms. The highest BCUT2D eigenvalue weighted by Crippen LogP contribution is 2.39. The average molecular weight is 273 g/mol. The number of hydrogen-bond acceptors (Lipinski definition) is 1. The first kappa shape index (κ1) is 15.6. The van der Waals surface area contributed by atoms with Gasteiger partial charge in [0.05, 0.1) is 0 Å². The van der Waals surface area contributed by atoms with E-state index < -0.39 is 0 Å². The van der Waals surface area contributed by atoms with Crippen molar-refractivity contribution >= 4 is 0 Å². The Bertz CT molecular complexity index is 429. The molecule has 0 amide bonds. The molecule has 1 aliphatic carbocycles. The predicted octanol–water partition coefficient (Wildman–Crippen LogP) is 4.79. The summed E-state index contributed by atoms with van der Waals surface area (Å²) in [6, 6.07) is 7.59. The molecule has 1 fully saturated rings. The summed E-state index contributed by atoms with van der Waals surface area (Å²) in [5.41, 5.74) is 4.79. The van der Waals surface area contributed by atoms with Crippen LogP contribution in [0, 0.1) is 19.3 Å². The van der Waals surface area contributed by atoms with Crippen LogP contribution in [-0.4, -0.2) is 12.6 Å². The number of hydrogen-bond donors (Lipinski definition) is 1. The van der Waals surface area contributed by atoms with Gasteiger partial charge < -0.3 is 5.32 Å². The van der Waals surface area contributed by atoms with Crippen LogP contribution in [0.2, 0.25) is 0 Å². The van der Waals surface area contributed by atoms with Crippen molar-refractivity contribution in [2.24, 2.45) is 5.41 Å². The molecule has 0 bridgehead atoms. The van der Waals surface area contributed by atoms with Crippen LogP contribution in [0.4, 0.5) is 0 Å². The quantitative estimate of drug-likeness (QED) is 0.813. The van der Waals surface area contributed by atoms with Crippen LogP contribution in [0.3, 0.4) is 0 Å². The van der Waals surface area contributed by atoms with E-state index >= 15 is 0 Å². The highest BCUT2D eigenvalue weighted by molar-refractivity contribution is 5.30. The number of aryl methyl sites for hydroxylation is 2. The van der Waals surface area contributed by atoms with E-state index in [1.54, 1.807) is 0 Å². The first-order chi connectivity index (χ1) is 9.55. The number of nitrogens with one attached hydrogen (secondary N) is 1. The minimum absolute atomic E-state index is 0.479. The second kappa shape index (κ2) is 6.76. The van der Waals surface area contributed by atoms with E-state index in [4.69, 9.17) is 0 Å². The van der Waals surface area contributed by atoms with Crippen molar-refractivity contribution in [3.63, 3.8) is 0 Å². The van der Waals surface area contributed by atoms with Crippen molar-refractivity contribution in [3.05, 3.63) is 34.9 Å². The molecule has 1 aromatic rings. The van der Waals surface area contributed by atoms with Crippen LogP contribution in [0.5, 0.6) is 0 Å². The van der Waals surface area contributed by atoms with Gasteiger partial charge in [-0.2, -0.15) is 0 Å². The van der Waals surface area contributed by atoms with E-state index in [1.807, 2.05) is 0 Å².